The Morgan fingerprint density at radius 2 is 1.76 bits per heavy atom. The van der Waals surface area contributed by atoms with E-state index in [1.165, 1.54) is 24.3 Å². The molecule has 0 radical (unpaired) electrons. The number of hydrogen-bond acceptors (Lipinski definition) is 1. The zero-order chi connectivity index (χ0) is 13.1. The van der Waals surface area contributed by atoms with Gasteiger partial charge < -0.3 is 4.74 Å². The molecule has 1 nitrogen and oxygen atoms in total. The van der Waals surface area contributed by atoms with E-state index in [0.29, 0.717) is 18.3 Å². The topological polar surface area (TPSA) is 9.23 Å². The molecule has 17 heavy (non-hydrogen) atoms. The van der Waals surface area contributed by atoms with Gasteiger partial charge in [0.05, 0.1) is 12.2 Å². The molecule has 0 amide bonds. The van der Waals surface area contributed by atoms with E-state index < -0.39 is 11.7 Å². The van der Waals surface area contributed by atoms with Crippen molar-refractivity contribution in [2.75, 3.05) is 6.61 Å². The molecular formula is C13H15F3O. The first-order valence-electron chi connectivity index (χ1n) is 5.30. The fourth-order valence-corrected chi connectivity index (χ4v) is 1.18. The number of ether oxygens (including phenoxy) is 1. The van der Waals surface area contributed by atoms with Crippen molar-refractivity contribution in [2.24, 2.45) is 5.92 Å². The van der Waals surface area contributed by atoms with Crippen LogP contribution in [0.25, 0.3) is 5.57 Å². The summed E-state index contributed by atoms with van der Waals surface area (Å²) in [5, 5.41) is 0. The van der Waals surface area contributed by atoms with Gasteiger partial charge >= 0.3 is 6.18 Å². The number of alkyl halides is 3. The molecule has 0 unspecified atom stereocenters. The fourth-order valence-electron chi connectivity index (χ4n) is 1.18. The highest BCUT2D eigenvalue weighted by Crippen LogP contribution is 2.32. The van der Waals surface area contributed by atoms with E-state index in [9.17, 15) is 13.2 Å². The first kappa shape index (κ1) is 13.6. The third-order valence-corrected chi connectivity index (χ3v) is 2.13. The van der Waals surface area contributed by atoms with E-state index in [1.807, 2.05) is 13.8 Å². The smallest absolute Gasteiger partial charge is 0.416 e. The Kier molecular flexibility index (Phi) is 4.21. The van der Waals surface area contributed by atoms with Gasteiger partial charge in [-0.05, 0) is 23.6 Å². The van der Waals surface area contributed by atoms with Crippen LogP contribution in [0.3, 0.4) is 0 Å². The summed E-state index contributed by atoms with van der Waals surface area (Å²) in [7, 11) is 0. The molecule has 0 aliphatic heterocycles. The van der Waals surface area contributed by atoms with Crippen LogP contribution in [0.2, 0.25) is 0 Å². The SMILES string of the molecule is C=C(c1ccc(OCC(C)C)cc1)C(F)(F)F. The first-order chi connectivity index (χ1) is 7.80. The van der Waals surface area contributed by atoms with Crippen molar-refractivity contribution in [3.63, 3.8) is 0 Å². The monoisotopic (exact) mass is 244 g/mol. The average Bonchev–Trinajstić information content (AvgIpc) is 2.25. The summed E-state index contributed by atoms with van der Waals surface area (Å²) in [4.78, 5) is 0. The molecular weight excluding hydrogens is 229 g/mol. The van der Waals surface area contributed by atoms with E-state index in [4.69, 9.17) is 4.74 Å². The van der Waals surface area contributed by atoms with Gasteiger partial charge in [0.2, 0.25) is 0 Å². The van der Waals surface area contributed by atoms with E-state index in [0.717, 1.165) is 0 Å². The van der Waals surface area contributed by atoms with E-state index >= 15 is 0 Å². The van der Waals surface area contributed by atoms with Crippen molar-refractivity contribution < 1.29 is 17.9 Å². The van der Waals surface area contributed by atoms with Crippen molar-refractivity contribution in [2.45, 2.75) is 20.0 Å². The molecule has 0 N–H and O–H groups in total. The molecule has 0 saturated carbocycles. The standard InChI is InChI=1S/C13H15F3O/c1-9(2)8-17-12-6-4-11(5-7-12)10(3)13(14,15)16/h4-7,9H,3,8H2,1-2H3. The second-order valence-electron chi connectivity index (χ2n) is 4.21. The lowest BCUT2D eigenvalue weighted by Gasteiger charge is -2.12. The second-order valence-corrected chi connectivity index (χ2v) is 4.21. The van der Waals surface area contributed by atoms with Crippen LogP contribution in [0.15, 0.2) is 30.8 Å². The van der Waals surface area contributed by atoms with Crippen LogP contribution in [0, 0.1) is 5.92 Å². The lowest BCUT2D eigenvalue weighted by atomic mass is 10.1. The van der Waals surface area contributed by atoms with Gasteiger partial charge in [0, 0.05) is 0 Å². The molecule has 0 spiro atoms. The minimum atomic E-state index is -4.39. The maximum Gasteiger partial charge on any atom is 0.416 e. The maximum atomic E-state index is 12.4. The molecule has 0 aliphatic rings. The van der Waals surface area contributed by atoms with Crippen LogP contribution in [-0.4, -0.2) is 12.8 Å². The molecule has 0 atom stereocenters. The van der Waals surface area contributed by atoms with Gasteiger partial charge in [-0.2, -0.15) is 13.2 Å². The molecule has 0 heterocycles. The highest BCUT2D eigenvalue weighted by atomic mass is 19.4. The minimum absolute atomic E-state index is 0.0643. The Morgan fingerprint density at radius 3 is 2.18 bits per heavy atom. The maximum absolute atomic E-state index is 12.4. The summed E-state index contributed by atoms with van der Waals surface area (Å²) in [6.45, 7) is 7.58. The molecule has 0 fully saturated rings. The lowest BCUT2D eigenvalue weighted by molar-refractivity contribution is -0.0686. The molecule has 94 valence electrons. The van der Waals surface area contributed by atoms with Crippen molar-refractivity contribution in [1.82, 2.24) is 0 Å². The summed E-state index contributed by atoms with van der Waals surface area (Å²) < 4.78 is 42.5. The Balaban J connectivity index is 2.71. The Morgan fingerprint density at radius 1 is 1.24 bits per heavy atom. The van der Waals surface area contributed by atoms with Gasteiger partial charge in [0.1, 0.15) is 5.75 Å². The highest BCUT2D eigenvalue weighted by molar-refractivity contribution is 5.67. The first-order valence-corrected chi connectivity index (χ1v) is 5.30. The molecule has 0 aromatic heterocycles. The third kappa shape index (κ3) is 4.13. The number of halogens is 3. The molecule has 4 heteroatoms. The molecule has 0 bridgehead atoms. The van der Waals surface area contributed by atoms with Crippen LogP contribution < -0.4 is 4.74 Å². The summed E-state index contributed by atoms with van der Waals surface area (Å²) in [6.07, 6.45) is -4.39. The van der Waals surface area contributed by atoms with Gasteiger partial charge in [0.25, 0.3) is 0 Å². The highest BCUT2D eigenvalue weighted by Gasteiger charge is 2.32. The van der Waals surface area contributed by atoms with Gasteiger partial charge in [-0.15, -0.1) is 0 Å². The summed E-state index contributed by atoms with van der Waals surface area (Å²) in [5.74, 6) is 0.942. The Hall–Kier alpha value is -1.45. The summed E-state index contributed by atoms with van der Waals surface area (Å²) in [6, 6.07) is 5.78. The van der Waals surface area contributed by atoms with Gasteiger partial charge in [-0.1, -0.05) is 32.6 Å². The van der Waals surface area contributed by atoms with Gasteiger partial charge in [0.15, 0.2) is 0 Å². The molecule has 1 aromatic carbocycles. The van der Waals surface area contributed by atoms with Crippen molar-refractivity contribution in [3.05, 3.63) is 36.4 Å². The van der Waals surface area contributed by atoms with Gasteiger partial charge in [-0.25, -0.2) is 0 Å². The molecule has 0 aliphatic carbocycles. The van der Waals surface area contributed by atoms with Gasteiger partial charge in [-0.3, -0.25) is 0 Å². The van der Waals surface area contributed by atoms with Crippen LogP contribution in [0.4, 0.5) is 13.2 Å². The largest absolute Gasteiger partial charge is 0.493 e. The van der Waals surface area contributed by atoms with Crippen LogP contribution >= 0.6 is 0 Å². The minimum Gasteiger partial charge on any atom is -0.493 e. The van der Waals surface area contributed by atoms with E-state index in [-0.39, 0.29) is 5.56 Å². The summed E-state index contributed by atoms with van der Waals surface area (Å²) >= 11 is 0. The number of benzene rings is 1. The van der Waals surface area contributed by atoms with Crippen molar-refractivity contribution in [3.8, 4) is 5.75 Å². The lowest BCUT2D eigenvalue weighted by Crippen LogP contribution is -2.09. The predicted molar refractivity (Wildman–Crippen MR) is 61.9 cm³/mol. The third-order valence-electron chi connectivity index (χ3n) is 2.13. The Labute approximate surface area is 98.9 Å². The zero-order valence-corrected chi connectivity index (χ0v) is 9.84. The Bertz CT molecular complexity index is 377. The number of rotatable bonds is 4. The van der Waals surface area contributed by atoms with Crippen molar-refractivity contribution in [1.29, 1.82) is 0 Å². The van der Waals surface area contributed by atoms with Crippen LogP contribution in [0.5, 0.6) is 5.75 Å². The molecule has 1 rings (SSSR count). The summed E-state index contributed by atoms with van der Waals surface area (Å²) in [5.41, 5.74) is -0.776. The van der Waals surface area contributed by atoms with Crippen molar-refractivity contribution >= 4 is 5.57 Å². The van der Waals surface area contributed by atoms with Crippen LogP contribution in [-0.2, 0) is 0 Å². The molecule has 0 saturated heterocycles. The normalized spacial score (nSPS) is 11.6. The van der Waals surface area contributed by atoms with E-state index in [2.05, 4.69) is 6.58 Å². The molecule has 1 aromatic rings. The quantitative estimate of drug-likeness (QED) is 0.767. The predicted octanol–water partition coefficient (Wildman–Crippen LogP) is 4.30. The fraction of sp³-hybridized carbons (Fsp3) is 0.385. The zero-order valence-electron chi connectivity index (χ0n) is 9.84. The van der Waals surface area contributed by atoms with Crippen LogP contribution in [0.1, 0.15) is 19.4 Å². The van der Waals surface area contributed by atoms with E-state index in [1.54, 1.807) is 0 Å². The number of hydrogen-bond donors (Lipinski definition) is 0. The average molecular weight is 244 g/mol. The number of allylic oxidation sites excluding steroid dienone is 1. The second kappa shape index (κ2) is 5.25.